The van der Waals surface area contributed by atoms with Gasteiger partial charge in [-0.3, -0.25) is 9.36 Å². The van der Waals surface area contributed by atoms with Gasteiger partial charge >= 0.3 is 0 Å². The van der Waals surface area contributed by atoms with Crippen molar-refractivity contribution in [2.75, 3.05) is 40.9 Å². The molecule has 0 spiro atoms. The molecule has 9 heteroatoms. The van der Waals surface area contributed by atoms with Crippen LogP contribution >= 0.6 is 7.82 Å². The number of unbranched alkanes of at least 4 members (excludes halogenated alkanes) is 24. The van der Waals surface area contributed by atoms with Crippen LogP contribution in [0.1, 0.15) is 187 Å². The molecule has 0 radical (unpaired) electrons. The number of aliphatic hydroxyl groups is 1. The highest BCUT2D eigenvalue weighted by Gasteiger charge is 2.23. The minimum Gasteiger partial charge on any atom is -0.756 e. The number of allylic oxidation sites excluding steroid dienone is 1. The molecule has 8 nitrogen and oxygen atoms in total. The van der Waals surface area contributed by atoms with Crippen molar-refractivity contribution < 1.29 is 32.9 Å². The van der Waals surface area contributed by atoms with Crippen molar-refractivity contribution in [1.29, 1.82) is 0 Å². The molecule has 292 valence electrons. The van der Waals surface area contributed by atoms with Gasteiger partial charge in [-0.1, -0.05) is 174 Å². The maximum atomic E-state index is 12.3. The van der Waals surface area contributed by atoms with Crippen LogP contribution in [-0.2, 0) is 18.4 Å². The number of phosphoric acid groups is 1. The second-order valence-corrected chi connectivity index (χ2v) is 16.8. The Labute approximate surface area is 303 Å². The van der Waals surface area contributed by atoms with Crippen LogP contribution in [0.5, 0.6) is 0 Å². The molecule has 2 N–H and O–H groups in total. The van der Waals surface area contributed by atoms with E-state index in [0.29, 0.717) is 17.4 Å². The molecule has 3 unspecified atom stereocenters. The van der Waals surface area contributed by atoms with E-state index in [1.54, 1.807) is 6.08 Å². The van der Waals surface area contributed by atoms with Crippen molar-refractivity contribution in [3.63, 3.8) is 0 Å². The number of phosphoric ester groups is 1. The molecule has 0 saturated heterocycles. The molecule has 0 aliphatic carbocycles. The predicted octanol–water partition coefficient (Wildman–Crippen LogP) is 10.2. The topological polar surface area (TPSA) is 108 Å². The lowest BCUT2D eigenvalue weighted by Gasteiger charge is -2.29. The van der Waals surface area contributed by atoms with E-state index in [1.165, 1.54) is 135 Å². The predicted molar refractivity (Wildman–Crippen MR) is 205 cm³/mol. The van der Waals surface area contributed by atoms with Crippen molar-refractivity contribution in [2.24, 2.45) is 0 Å². The standard InChI is InChI=1S/C40H81N2O6P/c1-6-8-10-11-12-13-14-15-16-17-18-19-20-21-22-23-24-25-26-27-28-29-30-31-32-33-39(43)38(41-40(44)34-9-7-2)37-48-49(45,46)47-36-35-42(3,4)5/h32-33,38-39,43H,6-31,34-37H2,1-5H3,(H-,41,44,45,46)/b33-32+. The number of aliphatic hydroxyl groups excluding tert-OH is 1. The van der Waals surface area contributed by atoms with Crippen molar-refractivity contribution in [1.82, 2.24) is 5.32 Å². The number of nitrogens with zero attached hydrogens (tertiary/aromatic N) is 1. The van der Waals surface area contributed by atoms with E-state index in [1.807, 2.05) is 34.1 Å². The minimum atomic E-state index is -4.56. The summed E-state index contributed by atoms with van der Waals surface area (Å²) in [4.78, 5) is 24.6. The average Bonchev–Trinajstić information content (AvgIpc) is 3.04. The third-order valence-electron chi connectivity index (χ3n) is 9.25. The van der Waals surface area contributed by atoms with Gasteiger partial charge in [0.05, 0.1) is 39.9 Å². The zero-order chi connectivity index (χ0) is 36.5. The van der Waals surface area contributed by atoms with Crippen molar-refractivity contribution >= 4 is 13.7 Å². The maximum absolute atomic E-state index is 12.3. The third kappa shape index (κ3) is 35.4. The molecule has 0 fully saturated rings. The number of amides is 1. The lowest BCUT2D eigenvalue weighted by atomic mass is 10.0. The summed E-state index contributed by atoms with van der Waals surface area (Å²) >= 11 is 0. The summed E-state index contributed by atoms with van der Waals surface area (Å²) in [6.45, 7) is 4.40. The summed E-state index contributed by atoms with van der Waals surface area (Å²) < 4.78 is 22.8. The maximum Gasteiger partial charge on any atom is 0.268 e. The molecule has 0 aromatic carbocycles. The molecule has 0 saturated carbocycles. The van der Waals surface area contributed by atoms with Gasteiger partial charge in [0.25, 0.3) is 7.82 Å². The zero-order valence-corrected chi connectivity index (χ0v) is 33.8. The second-order valence-electron chi connectivity index (χ2n) is 15.4. The molecule has 0 heterocycles. The normalized spacial score (nSPS) is 14.7. The molecule has 0 aromatic heterocycles. The number of likely N-dealkylation sites (N-methyl/N-ethyl adjacent to an activating group) is 1. The average molecular weight is 717 g/mol. The molecule has 1 amide bonds. The number of carbonyl (C=O) groups is 1. The fourth-order valence-corrected chi connectivity index (χ4v) is 6.62. The van der Waals surface area contributed by atoms with Crippen molar-refractivity contribution in [2.45, 2.75) is 199 Å². The van der Waals surface area contributed by atoms with E-state index in [9.17, 15) is 19.4 Å². The Kier molecular flexibility index (Phi) is 32.6. The highest BCUT2D eigenvalue weighted by Crippen LogP contribution is 2.38. The van der Waals surface area contributed by atoms with E-state index < -0.39 is 20.0 Å². The van der Waals surface area contributed by atoms with E-state index in [0.717, 1.165) is 32.1 Å². The second kappa shape index (κ2) is 33.1. The van der Waals surface area contributed by atoms with Crippen LogP contribution in [-0.4, -0.2) is 68.5 Å². The van der Waals surface area contributed by atoms with Gasteiger partial charge in [0, 0.05) is 6.42 Å². The van der Waals surface area contributed by atoms with Gasteiger partial charge in [-0.2, -0.15) is 0 Å². The first kappa shape index (κ1) is 48.2. The molecule has 0 aromatic rings. The molecule has 0 aliphatic heterocycles. The largest absolute Gasteiger partial charge is 0.756 e. The monoisotopic (exact) mass is 717 g/mol. The van der Waals surface area contributed by atoms with Gasteiger partial charge in [-0.25, -0.2) is 0 Å². The van der Waals surface area contributed by atoms with Crippen LogP contribution in [0.15, 0.2) is 12.2 Å². The van der Waals surface area contributed by atoms with Gasteiger partial charge in [-0.05, 0) is 19.3 Å². The number of rotatable bonds is 37. The number of hydrogen-bond acceptors (Lipinski definition) is 6. The minimum absolute atomic E-state index is 0.000175. The number of carbonyl (C=O) groups excluding carboxylic acids is 1. The molecule has 0 aliphatic rings. The summed E-state index contributed by atoms with van der Waals surface area (Å²) in [5, 5.41) is 13.5. The third-order valence-corrected chi connectivity index (χ3v) is 10.2. The summed E-state index contributed by atoms with van der Waals surface area (Å²) in [7, 11) is 1.26. The quantitative estimate of drug-likeness (QED) is 0.0287. The zero-order valence-electron chi connectivity index (χ0n) is 32.9. The Morgan fingerprint density at radius 3 is 1.51 bits per heavy atom. The van der Waals surface area contributed by atoms with E-state index in [4.69, 9.17) is 9.05 Å². The van der Waals surface area contributed by atoms with E-state index in [-0.39, 0.29) is 19.1 Å². The summed E-state index contributed by atoms with van der Waals surface area (Å²) in [6, 6.07) is -0.876. The number of nitrogens with one attached hydrogen (secondary N) is 1. The molecular formula is C40H81N2O6P. The molecule has 0 bridgehead atoms. The van der Waals surface area contributed by atoms with Crippen LogP contribution in [0.3, 0.4) is 0 Å². The Bertz CT molecular complexity index is 819. The van der Waals surface area contributed by atoms with Gasteiger partial charge < -0.3 is 28.8 Å². The lowest BCUT2D eigenvalue weighted by Crippen LogP contribution is -2.45. The highest BCUT2D eigenvalue weighted by molar-refractivity contribution is 7.45. The Morgan fingerprint density at radius 2 is 1.10 bits per heavy atom. The van der Waals surface area contributed by atoms with E-state index >= 15 is 0 Å². The first-order valence-electron chi connectivity index (χ1n) is 20.6. The van der Waals surface area contributed by atoms with Gasteiger partial charge in [0.2, 0.25) is 5.91 Å². The summed E-state index contributed by atoms with van der Waals surface area (Å²) in [5.41, 5.74) is 0. The Hall–Kier alpha value is -0.760. The first-order chi connectivity index (χ1) is 23.5. The fraction of sp³-hybridized carbons (Fsp3) is 0.925. The summed E-state index contributed by atoms with van der Waals surface area (Å²) in [6.07, 6.45) is 36.7. The van der Waals surface area contributed by atoms with Crippen LogP contribution < -0.4 is 10.2 Å². The smallest absolute Gasteiger partial charge is 0.268 e. The van der Waals surface area contributed by atoms with Crippen molar-refractivity contribution in [3.05, 3.63) is 12.2 Å². The molecule has 0 rings (SSSR count). The van der Waals surface area contributed by atoms with Crippen LogP contribution in [0.2, 0.25) is 0 Å². The van der Waals surface area contributed by atoms with Gasteiger partial charge in [0.15, 0.2) is 0 Å². The Balaban J connectivity index is 3.91. The van der Waals surface area contributed by atoms with Crippen LogP contribution in [0.25, 0.3) is 0 Å². The van der Waals surface area contributed by atoms with Crippen LogP contribution in [0.4, 0.5) is 0 Å². The van der Waals surface area contributed by atoms with Gasteiger partial charge in [0.1, 0.15) is 13.2 Å². The van der Waals surface area contributed by atoms with Gasteiger partial charge in [-0.15, -0.1) is 0 Å². The number of hydrogen-bond donors (Lipinski definition) is 2. The molecular weight excluding hydrogens is 635 g/mol. The number of quaternary nitrogens is 1. The van der Waals surface area contributed by atoms with Crippen molar-refractivity contribution in [3.8, 4) is 0 Å². The van der Waals surface area contributed by atoms with Crippen LogP contribution in [0, 0.1) is 0 Å². The lowest BCUT2D eigenvalue weighted by molar-refractivity contribution is -0.870. The molecule has 49 heavy (non-hydrogen) atoms. The summed E-state index contributed by atoms with van der Waals surface area (Å²) in [5.74, 6) is -0.232. The SMILES string of the molecule is CCCCCCCCCCCCCCCCCCCCCCCCC/C=C/C(O)C(COP(=O)([O-])OCC[N+](C)(C)C)NC(=O)CCCC. The fourth-order valence-electron chi connectivity index (χ4n) is 5.89. The Morgan fingerprint density at radius 1 is 0.694 bits per heavy atom. The highest BCUT2D eigenvalue weighted by atomic mass is 31.2. The first-order valence-corrected chi connectivity index (χ1v) is 22.0. The van der Waals surface area contributed by atoms with E-state index in [2.05, 4.69) is 12.2 Å². The molecule has 3 atom stereocenters.